The van der Waals surface area contributed by atoms with Crippen molar-refractivity contribution in [3.63, 3.8) is 0 Å². The van der Waals surface area contributed by atoms with Crippen molar-refractivity contribution in [1.82, 2.24) is 0 Å². The molecule has 0 fully saturated rings. The number of nitrogens with zero attached hydrogens (tertiary/aromatic N) is 1. The minimum Gasteiger partial charge on any atom is -0.507 e. The molecule has 192 valence electrons. The number of phenolic OH excluding ortho intramolecular Hbond substituents is 1. The predicted molar refractivity (Wildman–Crippen MR) is 152 cm³/mol. The minimum atomic E-state index is 0.104. The van der Waals surface area contributed by atoms with E-state index in [1.807, 2.05) is 72.5 Å². The van der Waals surface area contributed by atoms with Gasteiger partial charge in [0.05, 0.1) is 0 Å². The van der Waals surface area contributed by atoms with Gasteiger partial charge in [0.25, 0.3) is 0 Å². The third kappa shape index (κ3) is 7.61. The van der Waals surface area contributed by atoms with Gasteiger partial charge in [-0.05, 0) is 98.5 Å². The second-order valence-corrected chi connectivity index (χ2v) is 10.3. The van der Waals surface area contributed by atoms with Crippen LogP contribution in [-0.2, 0) is 17.6 Å². The monoisotopic (exact) mass is 486 g/mol. The van der Waals surface area contributed by atoms with Crippen LogP contribution in [0.25, 0.3) is 0 Å². The van der Waals surface area contributed by atoms with Gasteiger partial charge in [0.15, 0.2) is 0 Å². The maximum Gasteiger partial charge on any atom is 0.227 e. The lowest BCUT2D eigenvalue weighted by Gasteiger charge is -2.31. The number of hydrogen-bond acceptors (Lipinski definition) is 3. The number of carbonyl (C=O) groups is 1. The average molecular weight is 487 g/mol. The molecule has 3 aromatic rings. The Morgan fingerprint density at radius 2 is 1.61 bits per heavy atom. The molecule has 4 heteroatoms. The number of para-hydroxylation sites is 1. The van der Waals surface area contributed by atoms with Crippen LogP contribution in [0.5, 0.6) is 5.75 Å². The van der Waals surface area contributed by atoms with Crippen molar-refractivity contribution in [3.05, 3.63) is 83.4 Å². The molecule has 0 saturated carbocycles. The maximum atomic E-state index is 13.6. The van der Waals surface area contributed by atoms with Crippen LogP contribution in [0.1, 0.15) is 70.1 Å². The molecule has 4 nitrogen and oxygen atoms in total. The first kappa shape index (κ1) is 27.3. The first-order valence-corrected chi connectivity index (χ1v) is 13.3. The highest BCUT2D eigenvalue weighted by Crippen LogP contribution is 2.28. The quantitative estimate of drug-likeness (QED) is 0.271. The van der Waals surface area contributed by atoms with Crippen LogP contribution in [-0.4, -0.2) is 17.1 Å². The summed E-state index contributed by atoms with van der Waals surface area (Å²) in [4.78, 5) is 15.6. The molecule has 0 bridgehead atoms. The van der Waals surface area contributed by atoms with Crippen molar-refractivity contribution >= 4 is 23.0 Å². The fraction of sp³-hybridized carbons (Fsp3) is 0.406. The van der Waals surface area contributed by atoms with Gasteiger partial charge in [-0.3, -0.25) is 4.79 Å². The Bertz CT molecular complexity index is 1110. The van der Waals surface area contributed by atoms with E-state index in [4.69, 9.17) is 0 Å². The van der Waals surface area contributed by atoms with E-state index in [0.717, 1.165) is 59.4 Å². The first-order valence-electron chi connectivity index (χ1n) is 13.3. The molecule has 0 aromatic heterocycles. The van der Waals surface area contributed by atoms with E-state index in [9.17, 15) is 9.90 Å². The van der Waals surface area contributed by atoms with Crippen LogP contribution >= 0.6 is 0 Å². The van der Waals surface area contributed by atoms with Gasteiger partial charge in [-0.15, -0.1) is 0 Å². The van der Waals surface area contributed by atoms with Gasteiger partial charge in [-0.1, -0.05) is 57.5 Å². The topological polar surface area (TPSA) is 52.6 Å². The summed E-state index contributed by atoms with van der Waals surface area (Å²) in [5.41, 5.74) is 5.95. The van der Waals surface area contributed by atoms with Crippen LogP contribution in [0.2, 0.25) is 0 Å². The van der Waals surface area contributed by atoms with Crippen molar-refractivity contribution < 1.29 is 9.90 Å². The van der Waals surface area contributed by atoms with E-state index in [0.29, 0.717) is 24.5 Å². The number of nitrogens with one attached hydrogen (secondary N) is 1. The lowest BCUT2D eigenvalue weighted by molar-refractivity contribution is -0.119. The number of unbranched alkanes of at least 4 members (excludes halogenated alkanes) is 1. The number of phenols is 1. The summed E-state index contributed by atoms with van der Waals surface area (Å²) in [6, 6.07) is 22.4. The summed E-state index contributed by atoms with van der Waals surface area (Å²) in [7, 11) is 0. The second-order valence-electron chi connectivity index (χ2n) is 10.3. The second kappa shape index (κ2) is 13.2. The number of anilines is 3. The van der Waals surface area contributed by atoms with Gasteiger partial charge in [-0.2, -0.15) is 0 Å². The van der Waals surface area contributed by atoms with Crippen LogP contribution in [0, 0.1) is 12.8 Å². The molecule has 1 amide bonds. The predicted octanol–water partition coefficient (Wildman–Crippen LogP) is 8.19. The van der Waals surface area contributed by atoms with Crippen LogP contribution in [0.4, 0.5) is 17.1 Å². The molecule has 0 aliphatic rings. The number of aromatic hydroxyl groups is 1. The van der Waals surface area contributed by atoms with E-state index in [1.165, 1.54) is 0 Å². The normalized spacial score (nSPS) is 11.9. The summed E-state index contributed by atoms with van der Waals surface area (Å²) in [6.45, 7) is 10.6. The molecule has 36 heavy (non-hydrogen) atoms. The summed E-state index contributed by atoms with van der Waals surface area (Å²) < 4.78 is 0. The molecule has 0 heterocycles. The molecule has 0 spiro atoms. The summed E-state index contributed by atoms with van der Waals surface area (Å²) in [5.74, 6) is 1.03. The number of rotatable bonds is 12. The summed E-state index contributed by atoms with van der Waals surface area (Å²) >= 11 is 0. The molecule has 0 aliphatic heterocycles. The van der Waals surface area contributed by atoms with Crippen molar-refractivity contribution in [2.24, 2.45) is 5.92 Å². The maximum absolute atomic E-state index is 13.6. The SMILES string of the molecule is CCCCc1cc(CCC(=O)N(c2ccc(Nc3ccccc3)cc2)C(C)CC(C)C)cc(C)c1O. The Morgan fingerprint density at radius 1 is 0.944 bits per heavy atom. The van der Waals surface area contributed by atoms with Gasteiger partial charge < -0.3 is 15.3 Å². The van der Waals surface area contributed by atoms with Crippen molar-refractivity contribution in [2.45, 2.75) is 79.2 Å². The van der Waals surface area contributed by atoms with E-state index >= 15 is 0 Å². The molecule has 2 N–H and O–H groups in total. The zero-order valence-corrected chi connectivity index (χ0v) is 22.6. The van der Waals surface area contributed by atoms with Gasteiger partial charge in [0.2, 0.25) is 5.91 Å². The molecule has 1 unspecified atom stereocenters. The third-order valence-electron chi connectivity index (χ3n) is 6.60. The number of hydrogen-bond donors (Lipinski definition) is 2. The third-order valence-corrected chi connectivity index (χ3v) is 6.60. The van der Waals surface area contributed by atoms with Gasteiger partial charge in [0, 0.05) is 29.5 Å². The molecule has 0 radical (unpaired) electrons. The van der Waals surface area contributed by atoms with Gasteiger partial charge >= 0.3 is 0 Å². The average Bonchev–Trinajstić information content (AvgIpc) is 2.85. The summed E-state index contributed by atoms with van der Waals surface area (Å²) in [6.07, 6.45) is 5.04. The van der Waals surface area contributed by atoms with E-state index in [-0.39, 0.29) is 11.9 Å². The molecule has 1 atom stereocenters. The zero-order chi connectivity index (χ0) is 26.1. The number of carbonyl (C=O) groups excluding carboxylic acids is 1. The molecule has 0 aliphatic carbocycles. The Balaban J connectivity index is 1.76. The summed E-state index contributed by atoms with van der Waals surface area (Å²) in [5, 5.41) is 13.9. The van der Waals surface area contributed by atoms with Crippen LogP contribution in [0.15, 0.2) is 66.7 Å². The molecular weight excluding hydrogens is 444 g/mol. The highest BCUT2D eigenvalue weighted by Gasteiger charge is 2.23. The van der Waals surface area contributed by atoms with Crippen molar-refractivity contribution in [2.75, 3.05) is 10.2 Å². The molecule has 3 aromatic carbocycles. The zero-order valence-electron chi connectivity index (χ0n) is 22.6. The van der Waals surface area contributed by atoms with Gasteiger partial charge in [0.1, 0.15) is 5.75 Å². The largest absolute Gasteiger partial charge is 0.507 e. The van der Waals surface area contributed by atoms with E-state index in [2.05, 4.69) is 39.1 Å². The van der Waals surface area contributed by atoms with Crippen LogP contribution < -0.4 is 10.2 Å². The highest BCUT2D eigenvalue weighted by molar-refractivity contribution is 5.94. The molecular formula is C32H42N2O2. The molecule has 0 saturated heterocycles. The molecule has 3 rings (SSSR count). The number of benzene rings is 3. The van der Waals surface area contributed by atoms with Crippen molar-refractivity contribution in [1.29, 1.82) is 0 Å². The highest BCUT2D eigenvalue weighted by atomic mass is 16.3. The lowest BCUT2D eigenvalue weighted by atomic mass is 9.97. The van der Waals surface area contributed by atoms with E-state index < -0.39 is 0 Å². The van der Waals surface area contributed by atoms with E-state index in [1.54, 1.807) is 0 Å². The first-order chi connectivity index (χ1) is 17.3. The van der Waals surface area contributed by atoms with Crippen LogP contribution in [0.3, 0.4) is 0 Å². The Labute approximate surface area is 217 Å². The Morgan fingerprint density at radius 3 is 2.25 bits per heavy atom. The number of amides is 1. The minimum absolute atomic E-state index is 0.104. The fourth-order valence-corrected chi connectivity index (χ4v) is 4.83. The fourth-order valence-electron chi connectivity index (χ4n) is 4.83. The Hall–Kier alpha value is -3.27. The van der Waals surface area contributed by atoms with Gasteiger partial charge in [-0.25, -0.2) is 0 Å². The lowest BCUT2D eigenvalue weighted by Crippen LogP contribution is -2.39. The Kier molecular flexibility index (Phi) is 9.98. The standard InChI is InChI=1S/C32H42N2O2/c1-6-7-11-27-22-26(21-24(4)32(27)36)14-19-31(35)34(25(5)20-23(2)3)30-17-15-29(16-18-30)33-28-12-9-8-10-13-28/h8-10,12-13,15-18,21-23,25,33,36H,6-7,11,14,19-20H2,1-5H3. The van der Waals surface area contributed by atoms with Crippen molar-refractivity contribution in [3.8, 4) is 5.75 Å². The number of aryl methyl sites for hydroxylation is 3. The smallest absolute Gasteiger partial charge is 0.227 e.